The molecule has 32 heavy (non-hydrogen) atoms. The molecular weight excluding hydrogens is 438 g/mol. The van der Waals surface area contributed by atoms with Crippen molar-refractivity contribution in [1.29, 1.82) is 0 Å². The molecule has 2 aromatic heterocycles. The minimum Gasteiger partial charge on any atom is -0.452 e. The summed E-state index contributed by atoms with van der Waals surface area (Å²) in [5, 5.41) is 12.9. The minimum absolute atomic E-state index is 0.0879. The molecule has 166 valence electrons. The predicted molar refractivity (Wildman–Crippen MR) is 118 cm³/mol. The van der Waals surface area contributed by atoms with Crippen LogP contribution in [0.2, 0.25) is 0 Å². The van der Waals surface area contributed by atoms with Crippen LogP contribution in [0.3, 0.4) is 0 Å². The molecule has 4 aromatic rings. The van der Waals surface area contributed by atoms with Crippen LogP contribution in [0.1, 0.15) is 36.2 Å². The molecule has 0 atom stereocenters. The molecule has 1 saturated carbocycles. The van der Waals surface area contributed by atoms with Gasteiger partial charge < -0.3 is 19.2 Å². The minimum atomic E-state index is -3.01. The van der Waals surface area contributed by atoms with Gasteiger partial charge in [0, 0.05) is 16.8 Å². The molecule has 0 saturated heterocycles. The molecule has 1 aliphatic rings. The van der Waals surface area contributed by atoms with Crippen molar-refractivity contribution >= 4 is 44.9 Å². The third kappa shape index (κ3) is 3.71. The van der Waals surface area contributed by atoms with Gasteiger partial charge in [-0.15, -0.1) is 11.3 Å². The molecule has 9 heteroatoms. The highest BCUT2D eigenvalue weighted by Gasteiger charge is 2.33. The summed E-state index contributed by atoms with van der Waals surface area (Å²) in [6.07, 6.45) is 1.99. The molecular formula is C23H20F2N2O4S. The van der Waals surface area contributed by atoms with E-state index in [0.717, 1.165) is 0 Å². The molecule has 0 spiro atoms. The molecule has 0 aliphatic heterocycles. The summed E-state index contributed by atoms with van der Waals surface area (Å²) >= 11 is 1.32. The van der Waals surface area contributed by atoms with Gasteiger partial charge in [0.2, 0.25) is 0 Å². The Balaban J connectivity index is 1.72. The first-order valence-corrected chi connectivity index (χ1v) is 11.3. The number of nitrogens with zero attached hydrogens (tertiary/aromatic N) is 2. The average molecular weight is 458 g/mol. The second-order valence-corrected chi connectivity index (χ2v) is 8.49. The summed E-state index contributed by atoms with van der Waals surface area (Å²) in [6, 6.07) is 10.0. The van der Waals surface area contributed by atoms with Gasteiger partial charge in [-0.1, -0.05) is 18.2 Å². The van der Waals surface area contributed by atoms with Crippen LogP contribution in [0, 0.1) is 0 Å². The van der Waals surface area contributed by atoms with Crippen molar-refractivity contribution in [2.45, 2.75) is 44.4 Å². The zero-order valence-corrected chi connectivity index (χ0v) is 17.7. The number of aliphatic hydroxyl groups is 1. The Labute approximate surface area is 186 Å². The lowest BCUT2D eigenvalue weighted by atomic mass is 9.91. The highest BCUT2D eigenvalue weighted by molar-refractivity contribution is 7.07. The molecule has 1 amide bonds. The fourth-order valence-corrected chi connectivity index (χ4v) is 4.93. The van der Waals surface area contributed by atoms with Crippen LogP contribution in [0.5, 0.6) is 5.75 Å². The number of carbonyl (C=O) groups excluding carboxylic acids is 1. The largest absolute Gasteiger partial charge is 0.452 e. The van der Waals surface area contributed by atoms with Gasteiger partial charge in [-0.05, 0) is 43.9 Å². The average Bonchev–Trinajstić information content (AvgIpc) is 3.45. The first-order chi connectivity index (χ1) is 15.5. The highest BCUT2D eigenvalue weighted by atomic mass is 32.1. The van der Waals surface area contributed by atoms with Crippen LogP contribution < -0.4 is 9.64 Å². The maximum absolute atomic E-state index is 13.6. The lowest BCUT2D eigenvalue weighted by Gasteiger charge is -2.36. The SMILES string of the molecule is O=C(c1cscn1)N(c1ccc(OC(F)F)c2oc3ccccc3c12)C1CCC(O)CC1. The van der Waals surface area contributed by atoms with Crippen molar-refractivity contribution in [3.05, 3.63) is 53.0 Å². The Morgan fingerprint density at radius 2 is 1.97 bits per heavy atom. The van der Waals surface area contributed by atoms with E-state index in [9.17, 15) is 18.7 Å². The predicted octanol–water partition coefficient (Wildman–Crippen LogP) is 5.59. The van der Waals surface area contributed by atoms with E-state index in [-0.39, 0.29) is 29.4 Å². The van der Waals surface area contributed by atoms with Gasteiger partial charge in [0.1, 0.15) is 11.3 Å². The van der Waals surface area contributed by atoms with Gasteiger partial charge in [-0.2, -0.15) is 8.78 Å². The number of rotatable bonds is 5. The molecule has 0 radical (unpaired) electrons. The van der Waals surface area contributed by atoms with Crippen LogP contribution >= 0.6 is 11.3 Å². The van der Waals surface area contributed by atoms with Gasteiger partial charge in [0.05, 0.1) is 22.7 Å². The number of thiazole rings is 1. The zero-order valence-electron chi connectivity index (χ0n) is 16.9. The number of fused-ring (bicyclic) bond motifs is 3. The molecule has 5 rings (SSSR count). The number of carbonyl (C=O) groups is 1. The van der Waals surface area contributed by atoms with Gasteiger partial charge >= 0.3 is 6.61 Å². The highest BCUT2D eigenvalue weighted by Crippen LogP contribution is 2.43. The van der Waals surface area contributed by atoms with E-state index in [1.807, 2.05) is 12.1 Å². The molecule has 0 bridgehead atoms. The standard InChI is InChI=1S/C23H20F2N2O4S/c24-23(25)31-19-10-9-17(20-15-3-1-2-4-18(15)30-21(19)20)27(13-5-7-14(28)8-6-13)22(29)16-11-32-12-26-16/h1-4,9-14,23,28H,5-8H2. The fraction of sp³-hybridized carbons (Fsp3) is 0.304. The molecule has 0 unspecified atom stereocenters. The summed E-state index contributed by atoms with van der Waals surface area (Å²) in [5.41, 5.74) is 3.13. The Kier molecular flexibility index (Phi) is 5.52. The molecule has 6 nitrogen and oxygen atoms in total. The van der Waals surface area contributed by atoms with Gasteiger partial charge in [0.15, 0.2) is 11.3 Å². The zero-order chi connectivity index (χ0) is 22.2. The summed E-state index contributed by atoms with van der Waals surface area (Å²) in [5.74, 6) is -0.364. The maximum Gasteiger partial charge on any atom is 0.387 e. The smallest absolute Gasteiger partial charge is 0.387 e. The van der Waals surface area contributed by atoms with Gasteiger partial charge in [-0.3, -0.25) is 4.79 Å². The normalized spacial score (nSPS) is 19.0. The number of aliphatic hydroxyl groups excluding tert-OH is 1. The molecule has 1 aliphatic carbocycles. The Hall–Kier alpha value is -3.04. The van der Waals surface area contributed by atoms with E-state index in [4.69, 9.17) is 9.15 Å². The van der Waals surface area contributed by atoms with E-state index in [0.29, 0.717) is 53.4 Å². The van der Waals surface area contributed by atoms with Crippen molar-refractivity contribution in [2.75, 3.05) is 4.90 Å². The molecule has 1 fully saturated rings. The van der Waals surface area contributed by atoms with Crippen molar-refractivity contribution in [1.82, 2.24) is 4.98 Å². The van der Waals surface area contributed by atoms with E-state index in [2.05, 4.69) is 4.98 Å². The van der Waals surface area contributed by atoms with E-state index in [1.165, 1.54) is 17.4 Å². The first kappa shape index (κ1) is 20.8. The number of hydrogen-bond donors (Lipinski definition) is 1. The second kappa shape index (κ2) is 8.48. The van der Waals surface area contributed by atoms with E-state index >= 15 is 0 Å². The number of benzene rings is 2. The van der Waals surface area contributed by atoms with Crippen molar-refractivity contribution in [3.8, 4) is 5.75 Å². The lowest BCUT2D eigenvalue weighted by Crippen LogP contribution is -2.43. The molecule has 2 heterocycles. The number of ether oxygens (including phenoxy) is 1. The number of hydrogen-bond acceptors (Lipinski definition) is 6. The summed E-state index contributed by atoms with van der Waals surface area (Å²) in [7, 11) is 0. The number of para-hydroxylation sites is 1. The van der Waals surface area contributed by atoms with Crippen molar-refractivity contribution < 1.29 is 27.8 Å². The van der Waals surface area contributed by atoms with Gasteiger partial charge in [-0.25, -0.2) is 4.98 Å². The second-order valence-electron chi connectivity index (χ2n) is 7.77. The van der Waals surface area contributed by atoms with Crippen molar-refractivity contribution in [2.24, 2.45) is 0 Å². The van der Waals surface area contributed by atoms with Crippen LogP contribution in [0.4, 0.5) is 14.5 Å². The van der Waals surface area contributed by atoms with Crippen LogP contribution in [-0.2, 0) is 0 Å². The molecule has 1 N–H and O–H groups in total. The Bertz CT molecular complexity index is 1250. The molecule has 2 aromatic carbocycles. The number of aromatic nitrogens is 1. The van der Waals surface area contributed by atoms with Gasteiger partial charge in [0.25, 0.3) is 5.91 Å². The summed E-state index contributed by atoms with van der Waals surface area (Å²) in [4.78, 5) is 19.4. The van der Waals surface area contributed by atoms with Crippen LogP contribution in [0.25, 0.3) is 21.9 Å². The summed E-state index contributed by atoms with van der Waals surface area (Å²) < 4.78 is 36.7. The number of anilines is 1. The summed E-state index contributed by atoms with van der Waals surface area (Å²) in [6.45, 7) is -3.01. The number of alkyl halides is 2. The van der Waals surface area contributed by atoms with Crippen LogP contribution in [0.15, 0.2) is 51.7 Å². The fourth-order valence-electron chi connectivity index (χ4n) is 4.41. The Morgan fingerprint density at radius 1 is 1.19 bits per heavy atom. The number of halogens is 2. The first-order valence-electron chi connectivity index (χ1n) is 10.3. The van der Waals surface area contributed by atoms with Crippen LogP contribution in [-0.4, -0.2) is 34.8 Å². The quantitative estimate of drug-likeness (QED) is 0.422. The van der Waals surface area contributed by atoms with E-state index < -0.39 is 6.61 Å². The van der Waals surface area contributed by atoms with Crippen molar-refractivity contribution in [3.63, 3.8) is 0 Å². The maximum atomic E-state index is 13.6. The number of furan rings is 1. The van der Waals surface area contributed by atoms with E-state index in [1.54, 1.807) is 34.0 Å². The Morgan fingerprint density at radius 3 is 2.69 bits per heavy atom. The number of amides is 1. The monoisotopic (exact) mass is 458 g/mol. The topological polar surface area (TPSA) is 75.8 Å². The third-order valence-electron chi connectivity index (χ3n) is 5.85. The lowest BCUT2D eigenvalue weighted by molar-refractivity contribution is -0.0493. The third-order valence-corrected chi connectivity index (χ3v) is 6.43.